The van der Waals surface area contributed by atoms with Gasteiger partial charge in [0, 0.05) is 0 Å². The van der Waals surface area contributed by atoms with E-state index >= 15 is 0 Å². The SMILES string of the molecule is NC(=O)C(=O)C(N)CC1CC1. The largest absolute Gasteiger partial charge is 0.363 e. The number of hydrogen-bond donors (Lipinski definition) is 2. The molecule has 1 saturated carbocycles. The van der Waals surface area contributed by atoms with Crippen molar-refractivity contribution in [2.45, 2.75) is 25.3 Å². The number of Topliss-reactive ketones (excluding diaryl/α,β-unsaturated/α-hetero) is 1. The van der Waals surface area contributed by atoms with Crippen LogP contribution in [0.4, 0.5) is 0 Å². The molecule has 0 spiro atoms. The molecule has 1 amide bonds. The molecule has 62 valence electrons. The van der Waals surface area contributed by atoms with Crippen molar-refractivity contribution in [1.29, 1.82) is 0 Å². The zero-order valence-corrected chi connectivity index (χ0v) is 6.25. The van der Waals surface area contributed by atoms with Gasteiger partial charge in [-0.2, -0.15) is 0 Å². The molecule has 1 fully saturated rings. The summed E-state index contributed by atoms with van der Waals surface area (Å²) >= 11 is 0. The number of rotatable bonds is 4. The van der Waals surface area contributed by atoms with Crippen LogP contribution in [0.5, 0.6) is 0 Å². The highest BCUT2D eigenvalue weighted by molar-refractivity contribution is 6.37. The average Bonchev–Trinajstić information content (AvgIpc) is 2.69. The van der Waals surface area contributed by atoms with E-state index in [1.165, 1.54) is 0 Å². The smallest absolute Gasteiger partial charge is 0.286 e. The molecule has 0 saturated heterocycles. The quantitative estimate of drug-likeness (QED) is 0.521. The molecule has 1 unspecified atom stereocenters. The van der Waals surface area contributed by atoms with E-state index < -0.39 is 17.7 Å². The Morgan fingerprint density at radius 3 is 2.36 bits per heavy atom. The van der Waals surface area contributed by atoms with Crippen LogP contribution >= 0.6 is 0 Å². The molecular weight excluding hydrogens is 144 g/mol. The standard InChI is InChI=1S/C7H12N2O2/c8-5(3-4-1-2-4)6(10)7(9)11/h4-5H,1-3,8H2,(H2,9,11). The van der Waals surface area contributed by atoms with Crippen LogP contribution in [0.1, 0.15) is 19.3 Å². The number of carbonyl (C=O) groups excluding carboxylic acids is 2. The first kappa shape index (κ1) is 8.20. The number of amides is 1. The summed E-state index contributed by atoms with van der Waals surface area (Å²) in [5, 5.41) is 0. The number of ketones is 1. The van der Waals surface area contributed by atoms with Gasteiger partial charge in [-0.1, -0.05) is 12.8 Å². The molecule has 0 radical (unpaired) electrons. The van der Waals surface area contributed by atoms with Crippen molar-refractivity contribution in [3.05, 3.63) is 0 Å². The minimum atomic E-state index is -0.918. The van der Waals surface area contributed by atoms with Crippen molar-refractivity contribution >= 4 is 11.7 Å². The van der Waals surface area contributed by atoms with Crippen LogP contribution in [-0.4, -0.2) is 17.7 Å². The lowest BCUT2D eigenvalue weighted by atomic mass is 10.1. The summed E-state index contributed by atoms with van der Waals surface area (Å²) in [5.74, 6) is -1.01. The third-order valence-electron chi connectivity index (χ3n) is 1.86. The second kappa shape index (κ2) is 3.00. The van der Waals surface area contributed by atoms with Gasteiger partial charge in [0.15, 0.2) is 0 Å². The summed E-state index contributed by atoms with van der Waals surface area (Å²) in [6, 6.07) is -0.667. The predicted octanol–water partition coefficient (Wildman–Crippen LogP) is -0.832. The lowest BCUT2D eigenvalue weighted by Gasteiger charge is -2.05. The monoisotopic (exact) mass is 156 g/mol. The van der Waals surface area contributed by atoms with Crippen molar-refractivity contribution < 1.29 is 9.59 Å². The predicted molar refractivity (Wildman–Crippen MR) is 39.5 cm³/mol. The number of primary amides is 1. The fraction of sp³-hybridized carbons (Fsp3) is 0.714. The van der Waals surface area contributed by atoms with Crippen molar-refractivity contribution in [3.8, 4) is 0 Å². The van der Waals surface area contributed by atoms with E-state index in [1.54, 1.807) is 0 Å². The van der Waals surface area contributed by atoms with Gasteiger partial charge in [-0.15, -0.1) is 0 Å². The Labute approximate surface area is 64.9 Å². The van der Waals surface area contributed by atoms with Crippen molar-refractivity contribution in [1.82, 2.24) is 0 Å². The Kier molecular flexibility index (Phi) is 2.24. The second-order valence-corrected chi connectivity index (χ2v) is 3.01. The van der Waals surface area contributed by atoms with Crippen LogP contribution in [0, 0.1) is 5.92 Å². The molecule has 0 aromatic heterocycles. The molecule has 4 heteroatoms. The van der Waals surface area contributed by atoms with Gasteiger partial charge in [-0.05, 0) is 12.3 Å². The Hall–Kier alpha value is -0.900. The highest BCUT2D eigenvalue weighted by Gasteiger charge is 2.28. The van der Waals surface area contributed by atoms with Gasteiger partial charge in [0.25, 0.3) is 5.91 Å². The Bertz CT molecular complexity index is 187. The van der Waals surface area contributed by atoms with Gasteiger partial charge in [0.2, 0.25) is 5.78 Å². The molecule has 4 nitrogen and oxygen atoms in total. The first-order valence-corrected chi connectivity index (χ1v) is 3.70. The van der Waals surface area contributed by atoms with Gasteiger partial charge in [0.1, 0.15) is 0 Å². The van der Waals surface area contributed by atoms with Crippen molar-refractivity contribution in [3.63, 3.8) is 0 Å². The average molecular weight is 156 g/mol. The zero-order valence-electron chi connectivity index (χ0n) is 6.25. The molecule has 1 rings (SSSR count). The van der Waals surface area contributed by atoms with Gasteiger partial charge in [-0.3, -0.25) is 9.59 Å². The molecule has 0 aromatic rings. The molecule has 4 N–H and O–H groups in total. The van der Waals surface area contributed by atoms with Gasteiger partial charge in [-0.25, -0.2) is 0 Å². The Balaban J connectivity index is 2.32. The van der Waals surface area contributed by atoms with Gasteiger partial charge >= 0.3 is 0 Å². The first-order chi connectivity index (χ1) is 5.11. The fourth-order valence-electron chi connectivity index (χ4n) is 1.00. The normalized spacial score (nSPS) is 19.4. The second-order valence-electron chi connectivity index (χ2n) is 3.01. The van der Waals surface area contributed by atoms with E-state index in [1.807, 2.05) is 0 Å². The topological polar surface area (TPSA) is 86.2 Å². The van der Waals surface area contributed by atoms with Crippen LogP contribution in [0.3, 0.4) is 0 Å². The van der Waals surface area contributed by atoms with Crippen LogP contribution in [0.25, 0.3) is 0 Å². The molecule has 11 heavy (non-hydrogen) atoms. The van der Waals surface area contributed by atoms with E-state index in [4.69, 9.17) is 11.5 Å². The molecule has 1 aliphatic carbocycles. The van der Waals surface area contributed by atoms with Crippen LogP contribution in [0.15, 0.2) is 0 Å². The number of nitrogens with two attached hydrogens (primary N) is 2. The summed E-state index contributed by atoms with van der Waals surface area (Å²) in [4.78, 5) is 21.1. The molecular formula is C7H12N2O2. The lowest BCUT2D eigenvalue weighted by Crippen LogP contribution is -2.39. The Morgan fingerprint density at radius 1 is 1.45 bits per heavy atom. The molecule has 0 bridgehead atoms. The maximum atomic E-state index is 10.8. The number of hydrogen-bond acceptors (Lipinski definition) is 3. The van der Waals surface area contributed by atoms with E-state index in [0.717, 1.165) is 12.8 Å². The highest BCUT2D eigenvalue weighted by Crippen LogP contribution is 2.33. The summed E-state index contributed by atoms with van der Waals surface area (Å²) in [6.45, 7) is 0. The van der Waals surface area contributed by atoms with Crippen LogP contribution < -0.4 is 11.5 Å². The van der Waals surface area contributed by atoms with E-state index in [2.05, 4.69) is 0 Å². The summed E-state index contributed by atoms with van der Waals surface area (Å²) in [5.41, 5.74) is 10.2. The minimum Gasteiger partial charge on any atom is -0.363 e. The minimum absolute atomic E-state index is 0.549. The van der Waals surface area contributed by atoms with Crippen molar-refractivity contribution in [2.24, 2.45) is 17.4 Å². The summed E-state index contributed by atoms with van der Waals surface area (Å²) in [6.07, 6.45) is 2.86. The number of carbonyl (C=O) groups is 2. The maximum absolute atomic E-state index is 10.8. The van der Waals surface area contributed by atoms with E-state index in [-0.39, 0.29) is 0 Å². The molecule has 0 aromatic carbocycles. The molecule has 1 aliphatic rings. The zero-order chi connectivity index (χ0) is 8.43. The molecule has 0 heterocycles. The fourth-order valence-corrected chi connectivity index (χ4v) is 1.00. The summed E-state index contributed by atoms with van der Waals surface area (Å²) in [7, 11) is 0. The maximum Gasteiger partial charge on any atom is 0.286 e. The summed E-state index contributed by atoms with van der Waals surface area (Å²) < 4.78 is 0. The first-order valence-electron chi connectivity index (χ1n) is 3.70. The Morgan fingerprint density at radius 2 is 2.00 bits per heavy atom. The van der Waals surface area contributed by atoms with Gasteiger partial charge < -0.3 is 11.5 Å². The lowest BCUT2D eigenvalue weighted by molar-refractivity contribution is -0.136. The van der Waals surface area contributed by atoms with Gasteiger partial charge in [0.05, 0.1) is 6.04 Å². The van der Waals surface area contributed by atoms with Crippen molar-refractivity contribution in [2.75, 3.05) is 0 Å². The van der Waals surface area contributed by atoms with E-state index in [0.29, 0.717) is 12.3 Å². The third kappa shape index (κ3) is 2.31. The van der Waals surface area contributed by atoms with E-state index in [9.17, 15) is 9.59 Å². The van der Waals surface area contributed by atoms with Crippen LogP contribution in [-0.2, 0) is 9.59 Å². The highest BCUT2D eigenvalue weighted by atomic mass is 16.2. The molecule has 0 aliphatic heterocycles. The third-order valence-corrected chi connectivity index (χ3v) is 1.86. The molecule has 1 atom stereocenters. The van der Waals surface area contributed by atoms with Crippen LogP contribution in [0.2, 0.25) is 0 Å².